The summed E-state index contributed by atoms with van der Waals surface area (Å²) in [5.41, 5.74) is -0.287. The third kappa shape index (κ3) is 4.50. The predicted octanol–water partition coefficient (Wildman–Crippen LogP) is 3.54. The molecule has 5 nitrogen and oxygen atoms in total. The van der Waals surface area contributed by atoms with Gasteiger partial charge in [0, 0.05) is 42.7 Å². The topological polar surface area (TPSA) is 50.8 Å². The van der Waals surface area contributed by atoms with Crippen LogP contribution in [-0.4, -0.2) is 36.7 Å². The highest BCUT2D eigenvalue weighted by atomic mass is 32.1. The van der Waals surface area contributed by atoms with Crippen molar-refractivity contribution in [2.75, 3.05) is 19.6 Å². The highest BCUT2D eigenvalue weighted by molar-refractivity contribution is 7.09. The maximum absolute atomic E-state index is 14.2. The van der Waals surface area contributed by atoms with Gasteiger partial charge in [-0.1, -0.05) is 6.07 Å². The van der Waals surface area contributed by atoms with Gasteiger partial charge in [-0.15, -0.1) is 11.3 Å². The Labute approximate surface area is 154 Å². The number of carbonyl (C=O) groups is 1. The molecule has 2 aromatic rings. The molecule has 1 amide bonds. The van der Waals surface area contributed by atoms with Crippen molar-refractivity contribution in [2.24, 2.45) is 0 Å². The molecular weight excluding hydrogens is 362 g/mol. The Hall–Kier alpha value is -2.19. The fourth-order valence-electron chi connectivity index (χ4n) is 2.68. The molecule has 1 aliphatic heterocycles. The van der Waals surface area contributed by atoms with Gasteiger partial charge in [-0.3, -0.25) is 0 Å². The minimum atomic E-state index is -0.799. The van der Waals surface area contributed by atoms with Crippen molar-refractivity contribution in [3.05, 3.63) is 51.7 Å². The molecule has 0 radical (unpaired) electrons. The van der Waals surface area contributed by atoms with Gasteiger partial charge < -0.3 is 19.7 Å². The average Bonchev–Trinajstić information content (AvgIpc) is 3.13. The summed E-state index contributed by atoms with van der Waals surface area (Å²) in [7, 11) is 0. The van der Waals surface area contributed by atoms with E-state index in [-0.39, 0.29) is 24.0 Å². The molecule has 2 heterocycles. The Bertz CT molecular complexity index is 732. The normalized spacial score (nSPS) is 17.2. The van der Waals surface area contributed by atoms with E-state index < -0.39 is 24.3 Å². The van der Waals surface area contributed by atoms with Gasteiger partial charge in [-0.05, 0) is 18.4 Å². The molecule has 1 N–H and O–H groups in total. The summed E-state index contributed by atoms with van der Waals surface area (Å²) < 4.78 is 38.9. The van der Waals surface area contributed by atoms with Crippen LogP contribution in [0.15, 0.2) is 29.6 Å². The molecule has 3 rings (SSSR count). The standard InChI is InChI=1S/C18H20F2N2O3S/c1-12-9-21-4-5-22(12)18(23)25-11-15-16(19)7-13(8-17(15)20)24-10-14-3-2-6-26-14/h2-3,6-8,12,21H,4-5,9-11H2,1H3. The van der Waals surface area contributed by atoms with Crippen molar-refractivity contribution >= 4 is 17.4 Å². The van der Waals surface area contributed by atoms with Crippen molar-refractivity contribution in [1.82, 2.24) is 10.2 Å². The molecular formula is C18H20F2N2O3S. The van der Waals surface area contributed by atoms with Crippen LogP contribution < -0.4 is 10.1 Å². The van der Waals surface area contributed by atoms with Crippen LogP contribution in [0.25, 0.3) is 0 Å². The number of hydrogen-bond acceptors (Lipinski definition) is 5. The molecule has 1 aliphatic rings. The zero-order valence-electron chi connectivity index (χ0n) is 14.3. The largest absolute Gasteiger partial charge is 0.488 e. The van der Waals surface area contributed by atoms with Crippen molar-refractivity contribution in [2.45, 2.75) is 26.2 Å². The number of hydrogen-bond donors (Lipinski definition) is 1. The third-order valence-corrected chi connectivity index (χ3v) is 5.00. The molecule has 8 heteroatoms. The minimum absolute atomic E-state index is 0.0287. The zero-order chi connectivity index (χ0) is 18.5. The lowest BCUT2D eigenvalue weighted by Crippen LogP contribution is -2.52. The van der Waals surface area contributed by atoms with E-state index in [1.165, 1.54) is 11.3 Å². The van der Waals surface area contributed by atoms with Gasteiger partial charge >= 0.3 is 6.09 Å². The summed E-state index contributed by atoms with van der Waals surface area (Å²) in [6.07, 6.45) is -0.573. The Morgan fingerprint density at radius 3 is 2.77 bits per heavy atom. The fraction of sp³-hybridized carbons (Fsp3) is 0.389. The van der Waals surface area contributed by atoms with Crippen LogP contribution in [0, 0.1) is 11.6 Å². The second-order valence-corrected chi connectivity index (χ2v) is 7.07. The smallest absolute Gasteiger partial charge is 0.410 e. The lowest BCUT2D eigenvalue weighted by atomic mass is 10.2. The predicted molar refractivity (Wildman–Crippen MR) is 94.2 cm³/mol. The van der Waals surface area contributed by atoms with Crippen LogP contribution in [0.5, 0.6) is 5.75 Å². The van der Waals surface area contributed by atoms with E-state index in [2.05, 4.69) is 5.32 Å². The van der Waals surface area contributed by atoms with Crippen LogP contribution in [0.3, 0.4) is 0 Å². The maximum Gasteiger partial charge on any atom is 0.410 e. The highest BCUT2D eigenvalue weighted by Crippen LogP contribution is 2.23. The molecule has 26 heavy (non-hydrogen) atoms. The first-order valence-corrected chi connectivity index (χ1v) is 9.20. The second kappa shape index (κ2) is 8.46. The second-order valence-electron chi connectivity index (χ2n) is 6.03. The Kier molecular flexibility index (Phi) is 6.05. The summed E-state index contributed by atoms with van der Waals surface area (Å²) >= 11 is 1.50. The average molecular weight is 382 g/mol. The van der Waals surface area contributed by atoms with E-state index in [4.69, 9.17) is 9.47 Å². The van der Waals surface area contributed by atoms with Gasteiger partial charge in [-0.2, -0.15) is 0 Å². The van der Waals surface area contributed by atoms with Gasteiger partial charge in [0.2, 0.25) is 0 Å². The van der Waals surface area contributed by atoms with Crippen molar-refractivity contribution in [3.63, 3.8) is 0 Å². The number of nitrogens with zero attached hydrogens (tertiary/aromatic N) is 1. The van der Waals surface area contributed by atoms with E-state index in [0.29, 0.717) is 19.6 Å². The first-order chi connectivity index (χ1) is 12.5. The van der Waals surface area contributed by atoms with Gasteiger partial charge in [0.15, 0.2) is 0 Å². The van der Waals surface area contributed by atoms with Gasteiger partial charge in [0.25, 0.3) is 0 Å². The molecule has 0 aliphatic carbocycles. The monoisotopic (exact) mass is 382 g/mol. The number of thiophene rings is 1. The quantitative estimate of drug-likeness (QED) is 0.860. The lowest BCUT2D eigenvalue weighted by Gasteiger charge is -2.33. The van der Waals surface area contributed by atoms with Crippen molar-refractivity contribution < 1.29 is 23.0 Å². The van der Waals surface area contributed by atoms with Crippen molar-refractivity contribution in [3.8, 4) is 5.75 Å². The van der Waals surface area contributed by atoms with Crippen LogP contribution in [-0.2, 0) is 18.0 Å². The van der Waals surface area contributed by atoms with E-state index in [1.54, 1.807) is 4.90 Å². The number of benzene rings is 1. The molecule has 0 bridgehead atoms. The lowest BCUT2D eigenvalue weighted by molar-refractivity contribution is 0.0744. The number of ether oxygens (including phenoxy) is 2. The number of amides is 1. The van der Waals surface area contributed by atoms with Crippen LogP contribution in [0.2, 0.25) is 0 Å². The zero-order valence-corrected chi connectivity index (χ0v) is 15.2. The Morgan fingerprint density at radius 2 is 2.12 bits per heavy atom. The first-order valence-electron chi connectivity index (χ1n) is 8.32. The van der Waals surface area contributed by atoms with E-state index in [1.807, 2.05) is 24.4 Å². The minimum Gasteiger partial charge on any atom is -0.488 e. The Balaban J connectivity index is 1.60. The highest BCUT2D eigenvalue weighted by Gasteiger charge is 2.25. The number of rotatable bonds is 5. The molecule has 0 spiro atoms. The number of carbonyl (C=O) groups excluding carboxylic acids is 1. The molecule has 0 saturated carbocycles. The summed E-state index contributed by atoms with van der Waals surface area (Å²) in [6.45, 7) is 3.49. The van der Waals surface area contributed by atoms with Gasteiger partial charge in [0.05, 0.1) is 5.56 Å². The molecule has 140 valence electrons. The maximum atomic E-state index is 14.2. The summed E-state index contributed by atoms with van der Waals surface area (Å²) in [6, 6.07) is 5.93. The molecule has 1 fully saturated rings. The fourth-order valence-corrected chi connectivity index (χ4v) is 3.30. The Morgan fingerprint density at radius 1 is 1.35 bits per heavy atom. The van der Waals surface area contributed by atoms with Gasteiger partial charge in [0.1, 0.15) is 30.6 Å². The van der Waals surface area contributed by atoms with E-state index in [9.17, 15) is 13.6 Å². The summed E-state index contributed by atoms with van der Waals surface area (Å²) in [5.74, 6) is -1.50. The number of piperazine rings is 1. The van der Waals surface area contributed by atoms with Gasteiger partial charge in [-0.25, -0.2) is 13.6 Å². The third-order valence-electron chi connectivity index (χ3n) is 4.15. The van der Waals surface area contributed by atoms with Crippen LogP contribution >= 0.6 is 11.3 Å². The number of nitrogens with one attached hydrogen (secondary N) is 1. The van der Waals surface area contributed by atoms with Crippen LogP contribution in [0.1, 0.15) is 17.4 Å². The van der Waals surface area contributed by atoms with Crippen LogP contribution in [0.4, 0.5) is 13.6 Å². The van der Waals surface area contributed by atoms with Crippen molar-refractivity contribution in [1.29, 1.82) is 0 Å². The first kappa shape index (κ1) is 18.6. The summed E-state index contributed by atoms with van der Waals surface area (Å²) in [5, 5.41) is 5.06. The molecule has 1 atom stereocenters. The van der Waals surface area contributed by atoms with E-state index >= 15 is 0 Å². The molecule has 1 saturated heterocycles. The molecule has 1 aromatic carbocycles. The van der Waals surface area contributed by atoms with E-state index in [0.717, 1.165) is 17.0 Å². The molecule has 1 unspecified atom stereocenters. The SMILES string of the molecule is CC1CNCCN1C(=O)OCc1c(F)cc(OCc2cccs2)cc1F. The molecule has 1 aromatic heterocycles. The number of halogens is 2. The summed E-state index contributed by atoms with van der Waals surface area (Å²) in [4.78, 5) is 14.6.